The highest BCUT2D eigenvalue weighted by molar-refractivity contribution is 5.56. The van der Waals surface area contributed by atoms with E-state index in [1.54, 1.807) is 19.1 Å². The third-order valence-electron chi connectivity index (χ3n) is 3.44. The van der Waals surface area contributed by atoms with Crippen molar-refractivity contribution in [3.05, 3.63) is 29.6 Å². The van der Waals surface area contributed by atoms with Crippen molar-refractivity contribution in [2.24, 2.45) is 0 Å². The second-order valence-electron chi connectivity index (χ2n) is 5.10. The molecular formula is C14H17FN6. The van der Waals surface area contributed by atoms with Crippen molar-refractivity contribution >= 4 is 23.5 Å². The number of aromatic nitrogens is 3. The highest BCUT2D eigenvalue weighted by atomic mass is 19.1. The van der Waals surface area contributed by atoms with E-state index >= 15 is 0 Å². The summed E-state index contributed by atoms with van der Waals surface area (Å²) in [5.74, 6) is 0.887. The number of nitrogens with one attached hydrogen (secondary N) is 1. The molecule has 1 aliphatic heterocycles. The first-order chi connectivity index (χ1) is 10.1. The van der Waals surface area contributed by atoms with Crippen LogP contribution < -0.4 is 16.0 Å². The minimum Gasteiger partial charge on any atom is -0.368 e. The first-order valence-electron chi connectivity index (χ1n) is 6.91. The standard InChI is InChI=1S/C14H17FN6/c1-9-8-10(4-5-11(9)15)17-13-18-12(16)19-14(20-13)21-6-2-3-7-21/h4-5,8H,2-3,6-7H2,1H3,(H3,16,17,18,19,20). The van der Waals surface area contributed by atoms with Crippen LogP contribution in [0, 0.1) is 12.7 Å². The Morgan fingerprint density at radius 2 is 1.95 bits per heavy atom. The quantitative estimate of drug-likeness (QED) is 0.901. The maximum absolute atomic E-state index is 13.3. The van der Waals surface area contributed by atoms with E-state index in [0.717, 1.165) is 25.9 Å². The predicted molar refractivity (Wildman–Crippen MR) is 80.1 cm³/mol. The Morgan fingerprint density at radius 1 is 1.19 bits per heavy atom. The Hall–Kier alpha value is -2.44. The predicted octanol–water partition coefficient (Wildman–Crippen LogP) is 2.25. The molecule has 0 spiro atoms. The zero-order valence-electron chi connectivity index (χ0n) is 11.8. The third kappa shape index (κ3) is 3.01. The summed E-state index contributed by atoms with van der Waals surface area (Å²) in [7, 11) is 0. The molecule has 3 rings (SSSR count). The first kappa shape index (κ1) is 13.5. The molecule has 7 heteroatoms. The van der Waals surface area contributed by atoms with Crippen LogP contribution >= 0.6 is 0 Å². The summed E-state index contributed by atoms with van der Waals surface area (Å²) in [6, 6.07) is 4.74. The van der Waals surface area contributed by atoms with Crippen LogP contribution in [0.25, 0.3) is 0 Å². The molecule has 1 fully saturated rings. The summed E-state index contributed by atoms with van der Waals surface area (Å²) in [5, 5.41) is 3.04. The van der Waals surface area contributed by atoms with E-state index in [-0.39, 0.29) is 11.8 Å². The van der Waals surface area contributed by atoms with Gasteiger partial charge < -0.3 is 16.0 Å². The van der Waals surface area contributed by atoms with Gasteiger partial charge in [-0.25, -0.2) is 4.39 Å². The van der Waals surface area contributed by atoms with Gasteiger partial charge in [0.15, 0.2) is 0 Å². The number of nitrogen functional groups attached to an aromatic ring is 1. The van der Waals surface area contributed by atoms with Crippen molar-refractivity contribution in [2.75, 3.05) is 29.0 Å². The van der Waals surface area contributed by atoms with E-state index in [2.05, 4.69) is 25.2 Å². The summed E-state index contributed by atoms with van der Waals surface area (Å²) in [4.78, 5) is 14.7. The van der Waals surface area contributed by atoms with Crippen molar-refractivity contribution in [1.29, 1.82) is 0 Å². The van der Waals surface area contributed by atoms with E-state index in [1.165, 1.54) is 6.07 Å². The Morgan fingerprint density at radius 3 is 2.67 bits per heavy atom. The summed E-state index contributed by atoms with van der Waals surface area (Å²) >= 11 is 0. The van der Waals surface area contributed by atoms with Crippen LogP contribution in [-0.2, 0) is 0 Å². The lowest BCUT2D eigenvalue weighted by Gasteiger charge is -2.16. The molecular weight excluding hydrogens is 271 g/mol. The molecule has 2 aromatic rings. The number of nitrogens with zero attached hydrogens (tertiary/aromatic N) is 4. The average Bonchev–Trinajstić information content (AvgIpc) is 2.96. The number of halogens is 1. The molecule has 2 heterocycles. The van der Waals surface area contributed by atoms with Gasteiger partial charge in [0.2, 0.25) is 17.8 Å². The van der Waals surface area contributed by atoms with E-state index in [1.807, 2.05) is 0 Å². The fourth-order valence-electron chi connectivity index (χ4n) is 2.35. The lowest BCUT2D eigenvalue weighted by Crippen LogP contribution is -2.21. The van der Waals surface area contributed by atoms with Crippen molar-refractivity contribution in [3.63, 3.8) is 0 Å². The minimum atomic E-state index is -0.242. The van der Waals surface area contributed by atoms with E-state index < -0.39 is 0 Å². The molecule has 0 saturated carbocycles. The lowest BCUT2D eigenvalue weighted by atomic mass is 10.2. The second kappa shape index (κ2) is 5.51. The van der Waals surface area contributed by atoms with Crippen LogP contribution in [-0.4, -0.2) is 28.0 Å². The van der Waals surface area contributed by atoms with Crippen LogP contribution in [0.5, 0.6) is 0 Å². The van der Waals surface area contributed by atoms with Gasteiger partial charge in [-0.1, -0.05) is 0 Å². The molecule has 0 amide bonds. The Kier molecular flexibility index (Phi) is 3.55. The minimum absolute atomic E-state index is 0.174. The molecule has 0 radical (unpaired) electrons. The molecule has 6 nitrogen and oxygen atoms in total. The van der Waals surface area contributed by atoms with E-state index in [4.69, 9.17) is 5.73 Å². The number of benzene rings is 1. The summed E-state index contributed by atoms with van der Waals surface area (Å²) < 4.78 is 13.3. The molecule has 1 aliphatic rings. The van der Waals surface area contributed by atoms with Crippen molar-refractivity contribution < 1.29 is 4.39 Å². The smallest absolute Gasteiger partial charge is 0.233 e. The fraction of sp³-hybridized carbons (Fsp3) is 0.357. The maximum Gasteiger partial charge on any atom is 0.233 e. The molecule has 1 aromatic carbocycles. The molecule has 1 saturated heterocycles. The van der Waals surface area contributed by atoms with Gasteiger partial charge in [-0.05, 0) is 43.5 Å². The first-order valence-corrected chi connectivity index (χ1v) is 6.91. The monoisotopic (exact) mass is 288 g/mol. The molecule has 21 heavy (non-hydrogen) atoms. The molecule has 1 aromatic heterocycles. The van der Waals surface area contributed by atoms with Crippen LogP contribution in [0.3, 0.4) is 0 Å². The summed E-state index contributed by atoms with van der Waals surface area (Å²) in [6.45, 7) is 3.56. The number of aryl methyl sites for hydroxylation is 1. The van der Waals surface area contributed by atoms with Gasteiger partial charge in [0, 0.05) is 18.8 Å². The zero-order chi connectivity index (χ0) is 14.8. The summed E-state index contributed by atoms with van der Waals surface area (Å²) in [6.07, 6.45) is 2.26. The lowest BCUT2D eigenvalue weighted by molar-refractivity contribution is 0.619. The van der Waals surface area contributed by atoms with Crippen LogP contribution in [0.4, 0.5) is 27.9 Å². The molecule has 110 valence electrons. The van der Waals surface area contributed by atoms with Crippen LogP contribution in [0.2, 0.25) is 0 Å². The molecule has 3 N–H and O–H groups in total. The SMILES string of the molecule is Cc1cc(Nc2nc(N)nc(N3CCCC3)n2)ccc1F. The van der Waals surface area contributed by atoms with Crippen LogP contribution in [0.1, 0.15) is 18.4 Å². The molecule has 0 atom stereocenters. The van der Waals surface area contributed by atoms with E-state index in [9.17, 15) is 4.39 Å². The van der Waals surface area contributed by atoms with Gasteiger partial charge >= 0.3 is 0 Å². The van der Waals surface area contributed by atoms with Crippen molar-refractivity contribution in [2.45, 2.75) is 19.8 Å². The van der Waals surface area contributed by atoms with Gasteiger partial charge in [-0.3, -0.25) is 0 Å². The Bertz CT molecular complexity index is 654. The van der Waals surface area contributed by atoms with E-state index in [0.29, 0.717) is 23.1 Å². The third-order valence-corrected chi connectivity index (χ3v) is 3.44. The highest BCUT2D eigenvalue weighted by Gasteiger charge is 2.16. The number of hydrogen-bond acceptors (Lipinski definition) is 6. The number of rotatable bonds is 3. The molecule has 0 aliphatic carbocycles. The number of nitrogens with two attached hydrogens (primary N) is 1. The zero-order valence-corrected chi connectivity index (χ0v) is 11.8. The van der Waals surface area contributed by atoms with Crippen molar-refractivity contribution in [1.82, 2.24) is 15.0 Å². The van der Waals surface area contributed by atoms with Gasteiger partial charge in [0.1, 0.15) is 5.82 Å². The maximum atomic E-state index is 13.3. The molecule has 0 bridgehead atoms. The fourth-order valence-corrected chi connectivity index (χ4v) is 2.35. The normalized spacial score (nSPS) is 14.5. The average molecular weight is 288 g/mol. The molecule has 0 unspecified atom stereocenters. The number of hydrogen-bond donors (Lipinski definition) is 2. The van der Waals surface area contributed by atoms with Crippen LogP contribution in [0.15, 0.2) is 18.2 Å². The van der Waals surface area contributed by atoms with Crippen molar-refractivity contribution in [3.8, 4) is 0 Å². The largest absolute Gasteiger partial charge is 0.368 e. The van der Waals surface area contributed by atoms with Gasteiger partial charge in [0.05, 0.1) is 0 Å². The topological polar surface area (TPSA) is 80.0 Å². The number of anilines is 4. The Balaban J connectivity index is 1.85. The van der Waals surface area contributed by atoms with Gasteiger partial charge in [-0.2, -0.15) is 15.0 Å². The second-order valence-corrected chi connectivity index (χ2v) is 5.10. The van der Waals surface area contributed by atoms with Gasteiger partial charge in [-0.15, -0.1) is 0 Å². The Labute approximate surface area is 122 Å². The van der Waals surface area contributed by atoms with Gasteiger partial charge in [0.25, 0.3) is 0 Å². The highest BCUT2D eigenvalue weighted by Crippen LogP contribution is 2.21. The summed E-state index contributed by atoms with van der Waals surface area (Å²) in [5.41, 5.74) is 7.02.